The van der Waals surface area contributed by atoms with E-state index in [1.54, 1.807) is 0 Å². The summed E-state index contributed by atoms with van der Waals surface area (Å²) in [4.78, 5) is 12.2. The Hall–Kier alpha value is -2.29. The molecule has 0 heterocycles. The van der Waals surface area contributed by atoms with E-state index in [0.29, 0.717) is 13.0 Å². The van der Waals surface area contributed by atoms with Gasteiger partial charge < -0.3 is 10.1 Å². The topological polar surface area (TPSA) is 38.3 Å². The fraction of sp³-hybridized carbons (Fsp3) is 0.350. The average molecular weight is 309 g/mol. The monoisotopic (exact) mass is 309 g/mol. The lowest BCUT2D eigenvalue weighted by atomic mass is 9.88. The first-order chi connectivity index (χ1) is 11.2. The number of para-hydroxylation sites is 1. The van der Waals surface area contributed by atoms with Crippen LogP contribution in [0.25, 0.3) is 0 Å². The van der Waals surface area contributed by atoms with Crippen LogP contribution in [-0.4, -0.2) is 12.5 Å². The second-order valence-corrected chi connectivity index (χ2v) is 6.08. The number of ether oxygens (including phenoxy) is 1. The Kier molecular flexibility index (Phi) is 4.96. The Bertz CT molecular complexity index is 681. The zero-order chi connectivity index (χ0) is 16.1. The van der Waals surface area contributed by atoms with Crippen molar-refractivity contribution in [3.8, 4) is 5.75 Å². The van der Waals surface area contributed by atoms with Crippen LogP contribution < -0.4 is 10.1 Å². The number of rotatable bonds is 5. The Balaban J connectivity index is 1.52. The van der Waals surface area contributed by atoms with Crippen molar-refractivity contribution in [2.24, 2.45) is 0 Å². The zero-order valence-electron chi connectivity index (χ0n) is 13.5. The summed E-state index contributed by atoms with van der Waals surface area (Å²) in [5, 5.41) is 3.16. The van der Waals surface area contributed by atoms with Crippen molar-refractivity contribution in [3.63, 3.8) is 0 Å². The molecule has 3 rings (SSSR count). The predicted octanol–water partition coefficient (Wildman–Crippen LogP) is 3.96. The van der Waals surface area contributed by atoms with Crippen LogP contribution in [0.1, 0.15) is 42.0 Å². The second kappa shape index (κ2) is 7.32. The number of hydrogen-bond donors (Lipinski definition) is 1. The lowest BCUT2D eigenvalue weighted by molar-refractivity contribution is -0.122. The third kappa shape index (κ3) is 3.92. The molecular weight excluding hydrogens is 286 g/mol. The molecule has 2 aromatic rings. The molecule has 0 bridgehead atoms. The summed E-state index contributed by atoms with van der Waals surface area (Å²) in [6, 6.07) is 16.4. The zero-order valence-corrected chi connectivity index (χ0v) is 13.5. The number of benzene rings is 2. The summed E-state index contributed by atoms with van der Waals surface area (Å²) in [7, 11) is 0. The second-order valence-electron chi connectivity index (χ2n) is 6.08. The fourth-order valence-corrected chi connectivity index (χ4v) is 3.14. The van der Waals surface area contributed by atoms with E-state index >= 15 is 0 Å². The number of carbonyl (C=O) groups excluding carboxylic acids is 1. The van der Waals surface area contributed by atoms with Gasteiger partial charge in [0, 0.05) is 0 Å². The number of fused-ring (bicyclic) bond motifs is 1. The molecule has 0 aliphatic heterocycles. The summed E-state index contributed by atoms with van der Waals surface area (Å²) in [6.45, 7) is 2.42. The average Bonchev–Trinajstić information content (AvgIpc) is 2.57. The molecule has 0 saturated heterocycles. The van der Waals surface area contributed by atoms with Crippen molar-refractivity contribution < 1.29 is 9.53 Å². The number of aryl methyl sites for hydroxylation is 2. The highest BCUT2D eigenvalue weighted by Crippen LogP contribution is 2.29. The normalized spacial score (nSPS) is 16.5. The van der Waals surface area contributed by atoms with E-state index in [1.165, 1.54) is 11.1 Å². The van der Waals surface area contributed by atoms with Crippen molar-refractivity contribution in [3.05, 3.63) is 65.2 Å². The van der Waals surface area contributed by atoms with E-state index < -0.39 is 0 Å². The van der Waals surface area contributed by atoms with Gasteiger partial charge in [-0.2, -0.15) is 0 Å². The first-order valence-corrected chi connectivity index (χ1v) is 8.29. The maximum atomic E-state index is 12.2. The van der Waals surface area contributed by atoms with Gasteiger partial charge in [0.15, 0.2) is 0 Å². The molecule has 1 aliphatic carbocycles. The van der Waals surface area contributed by atoms with E-state index in [9.17, 15) is 4.79 Å². The summed E-state index contributed by atoms with van der Waals surface area (Å²) in [6.07, 6.45) is 3.63. The van der Waals surface area contributed by atoms with E-state index in [2.05, 4.69) is 23.5 Å². The molecule has 1 N–H and O–H groups in total. The molecular formula is C20H23NO2. The lowest BCUT2D eigenvalue weighted by Gasteiger charge is -2.26. The van der Waals surface area contributed by atoms with Gasteiger partial charge >= 0.3 is 0 Å². The number of carbonyl (C=O) groups is 1. The van der Waals surface area contributed by atoms with Crippen LogP contribution in [0.3, 0.4) is 0 Å². The highest BCUT2D eigenvalue weighted by molar-refractivity contribution is 5.76. The first-order valence-electron chi connectivity index (χ1n) is 8.29. The molecule has 1 amide bonds. The molecule has 1 aliphatic rings. The third-order valence-electron chi connectivity index (χ3n) is 4.38. The highest BCUT2D eigenvalue weighted by atomic mass is 16.5. The van der Waals surface area contributed by atoms with Crippen LogP contribution in [0, 0.1) is 6.92 Å². The van der Waals surface area contributed by atoms with E-state index in [1.807, 2.05) is 37.3 Å². The van der Waals surface area contributed by atoms with Gasteiger partial charge in [-0.1, -0.05) is 42.5 Å². The standard InChI is InChI=1S/C20H23NO2/c1-15-7-2-5-12-19(15)23-14-13-20(22)21-18-11-6-9-16-8-3-4-10-17(16)18/h2-5,7-8,10,12,18H,6,9,11,13-14H2,1H3,(H,21,22)/t18-/m1/s1. The number of amides is 1. The van der Waals surface area contributed by atoms with Gasteiger partial charge in [-0.3, -0.25) is 4.79 Å². The molecule has 0 radical (unpaired) electrons. The van der Waals surface area contributed by atoms with Crippen LogP contribution >= 0.6 is 0 Å². The first kappa shape index (κ1) is 15.6. The fourth-order valence-electron chi connectivity index (χ4n) is 3.14. The molecule has 120 valence electrons. The Morgan fingerprint density at radius 1 is 1.17 bits per heavy atom. The summed E-state index contributed by atoms with van der Waals surface area (Å²) >= 11 is 0. The van der Waals surface area contributed by atoms with Crippen LogP contribution in [0.2, 0.25) is 0 Å². The Morgan fingerprint density at radius 2 is 1.96 bits per heavy atom. The summed E-state index contributed by atoms with van der Waals surface area (Å²) in [5.74, 6) is 0.906. The lowest BCUT2D eigenvalue weighted by Crippen LogP contribution is -2.31. The molecule has 3 heteroatoms. The van der Waals surface area contributed by atoms with Gasteiger partial charge in [-0.15, -0.1) is 0 Å². The van der Waals surface area contributed by atoms with Gasteiger partial charge in [-0.05, 0) is 48.9 Å². The molecule has 3 nitrogen and oxygen atoms in total. The van der Waals surface area contributed by atoms with E-state index in [4.69, 9.17) is 4.74 Å². The number of nitrogens with one attached hydrogen (secondary N) is 1. The smallest absolute Gasteiger partial charge is 0.223 e. The summed E-state index contributed by atoms with van der Waals surface area (Å²) < 4.78 is 5.71. The largest absolute Gasteiger partial charge is 0.493 e. The van der Waals surface area contributed by atoms with E-state index in [0.717, 1.165) is 30.6 Å². The molecule has 0 fully saturated rings. The minimum absolute atomic E-state index is 0.0558. The van der Waals surface area contributed by atoms with Gasteiger partial charge in [-0.25, -0.2) is 0 Å². The Morgan fingerprint density at radius 3 is 2.83 bits per heavy atom. The van der Waals surface area contributed by atoms with Crippen molar-refractivity contribution in [1.82, 2.24) is 5.32 Å². The minimum atomic E-state index is 0.0558. The molecule has 0 spiro atoms. The minimum Gasteiger partial charge on any atom is -0.493 e. The predicted molar refractivity (Wildman–Crippen MR) is 91.6 cm³/mol. The van der Waals surface area contributed by atoms with Crippen LogP contribution in [0.4, 0.5) is 0 Å². The maximum Gasteiger partial charge on any atom is 0.223 e. The molecule has 0 unspecified atom stereocenters. The quantitative estimate of drug-likeness (QED) is 0.908. The van der Waals surface area contributed by atoms with Gasteiger partial charge in [0.1, 0.15) is 5.75 Å². The van der Waals surface area contributed by atoms with Crippen molar-refractivity contribution in [2.75, 3.05) is 6.61 Å². The SMILES string of the molecule is Cc1ccccc1OCCC(=O)N[C@@H]1CCCc2ccccc21. The van der Waals surface area contributed by atoms with E-state index in [-0.39, 0.29) is 11.9 Å². The molecule has 2 aromatic carbocycles. The maximum absolute atomic E-state index is 12.2. The van der Waals surface area contributed by atoms with Gasteiger partial charge in [0.05, 0.1) is 19.1 Å². The molecule has 1 atom stereocenters. The van der Waals surface area contributed by atoms with Crippen molar-refractivity contribution >= 4 is 5.91 Å². The Labute approximate surface area is 137 Å². The van der Waals surface area contributed by atoms with Gasteiger partial charge in [0.25, 0.3) is 0 Å². The highest BCUT2D eigenvalue weighted by Gasteiger charge is 2.21. The van der Waals surface area contributed by atoms with Crippen LogP contribution in [-0.2, 0) is 11.2 Å². The van der Waals surface area contributed by atoms with Crippen molar-refractivity contribution in [1.29, 1.82) is 0 Å². The third-order valence-corrected chi connectivity index (χ3v) is 4.38. The summed E-state index contributed by atoms with van der Waals surface area (Å²) in [5.41, 5.74) is 3.72. The van der Waals surface area contributed by atoms with Gasteiger partial charge in [0.2, 0.25) is 5.91 Å². The van der Waals surface area contributed by atoms with Crippen molar-refractivity contribution in [2.45, 2.75) is 38.6 Å². The van der Waals surface area contributed by atoms with Crippen LogP contribution in [0.5, 0.6) is 5.75 Å². The molecule has 0 aromatic heterocycles. The molecule has 23 heavy (non-hydrogen) atoms. The number of hydrogen-bond acceptors (Lipinski definition) is 2. The van der Waals surface area contributed by atoms with Crippen LogP contribution in [0.15, 0.2) is 48.5 Å². The molecule has 0 saturated carbocycles.